The van der Waals surface area contributed by atoms with Crippen LogP contribution in [0.15, 0.2) is 28.8 Å². The van der Waals surface area contributed by atoms with E-state index in [4.69, 9.17) is 4.52 Å². The van der Waals surface area contributed by atoms with Gasteiger partial charge in [-0.25, -0.2) is 0 Å². The maximum Gasteiger partial charge on any atom is 0.238 e. The summed E-state index contributed by atoms with van der Waals surface area (Å²) in [5, 5.41) is 8.84. The quantitative estimate of drug-likeness (QED) is 0.772. The van der Waals surface area contributed by atoms with E-state index >= 15 is 0 Å². The van der Waals surface area contributed by atoms with Crippen LogP contribution in [0.3, 0.4) is 0 Å². The molecule has 26 heavy (non-hydrogen) atoms. The molecule has 0 spiro atoms. The lowest BCUT2D eigenvalue weighted by Crippen LogP contribution is -2.25. The number of aryl methyl sites for hydroxylation is 2. The molecule has 0 aliphatic heterocycles. The average Bonchev–Trinajstić information content (AvgIpc) is 2.97. The Bertz CT molecular complexity index is 788. The van der Waals surface area contributed by atoms with Gasteiger partial charge in [0.2, 0.25) is 11.8 Å². The van der Waals surface area contributed by atoms with Crippen molar-refractivity contribution in [3.8, 4) is 0 Å². The molecule has 0 bridgehead atoms. The van der Waals surface area contributed by atoms with E-state index in [2.05, 4.69) is 15.8 Å². The zero-order valence-corrected chi connectivity index (χ0v) is 16.4. The van der Waals surface area contributed by atoms with Gasteiger partial charge < -0.3 is 20.1 Å². The lowest BCUT2D eigenvalue weighted by molar-refractivity contribution is -0.115. The molecule has 0 fully saturated rings. The number of nitrogens with one attached hydrogen (secondary N) is 2. The third kappa shape index (κ3) is 5.52. The fourth-order valence-electron chi connectivity index (χ4n) is 2.36. The summed E-state index contributed by atoms with van der Waals surface area (Å²) in [7, 11) is 3.95. The highest BCUT2D eigenvalue weighted by atomic mass is 32.2. The van der Waals surface area contributed by atoms with Gasteiger partial charge in [-0.15, -0.1) is 11.8 Å². The van der Waals surface area contributed by atoms with Crippen LogP contribution in [0.4, 0.5) is 17.2 Å². The number of carbonyl (C=O) groups excluding carboxylic acids is 2. The van der Waals surface area contributed by atoms with Crippen LogP contribution in [0.5, 0.6) is 0 Å². The van der Waals surface area contributed by atoms with Crippen LogP contribution in [0.1, 0.15) is 18.2 Å². The number of amides is 2. The first-order chi connectivity index (χ1) is 12.3. The second-order valence-electron chi connectivity index (χ2n) is 6.21. The molecule has 7 nitrogen and oxygen atoms in total. The Morgan fingerprint density at radius 3 is 2.54 bits per heavy atom. The number of aromatic nitrogens is 1. The summed E-state index contributed by atoms with van der Waals surface area (Å²) in [4.78, 5) is 26.2. The van der Waals surface area contributed by atoms with Gasteiger partial charge in [0.15, 0.2) is 5.82 Å². The largest absolute Gasteiger partial charge is 0.377 e. The van der Waals surface area contributed by atoms with Crippen molar-refractivity contribution in [2.75, 3.05) is 35.4 Å². The number of benzene rings is 1. The molecule has 2 rings (SSSR count). The Labute approximate surface area is 157 Å². The summed E-state index contributed by atoms with van der Waals surface area (Å²) >= 11 is 1.26. The Kier molecular flexibility index (Phi) is 6.68. The summed E-state index contributed by atoms with van der Waals surface area (Å²) in [6.07, 6.45) is 0. The fourth-order valence-corrected chi connectivity index (χ4v) is 3.05. The first kappa shape index (κ1) is 19.8. The average molecular weight is 376 g/mol. The van der Waals surface area contributed by atoms with Crippen molar-refractivity contribution in [2.24, 2.45) is 0 Å². The predicted molar refractivity (Wildman–Crippen MR) is 106 cm³/mol. The Morgan fingerprint density at radius 2 is 1.96 bits per heavy atom. The molecule has 1 atom stereocenters. The molecule has 1 unspecified atom stereocenters. The summed E-state index contributed by atoms with van der Waals surface area (Å²) in [5.41, 5.74) is 2.93. The minimum Gasteiger partial charge on any atom is -0.377 e. The van der Waals surface area contributed by atoms with Crippen molar-refractivity contribution in [1.82, 2.24) is 5.16 Å². The number of thioether (sulfide) groups is 1. The lowest BCUT2D eigenvalue weighted by atomic mass is 10.1. The lowest BCUT2D eigenvalue weighted by Gasteiger charge is -2.16. The number of anilines is 3. The molecular weight excluding hydrogens is 352 g/mol. The molecule has 0 radical (unpaired) electrons. The van der Waals surface area contributed by atoms with Crippen LogP contribution in [0.25, 0.3) is 0 Å². The van der Waals surface area contributed by atoms with E-state index in [0.29, 0.717) is 11.6 Å². The number of carbonyl (C=O) groups is 2. The van der Waals surface area contributed by atoms with Gasteiger partial charge in [-0.3, -0.25) is 9.59 Å². The van der Waals surface area contributed by atoms with Gasteiger partial charge >= 0.3 is 0 Å². The molecule has 2 amide bonds. The van der Waals surface area contributed by atoms with Crippen LogP contribution >= 0.6 is 11.8 Å². The zero-order chi connectivity index (χ0) is 19.3. The molecule has 1 aromatic heterocycles. The molecule has 8 heteroatoms. The molecule has 1 heterocycles. The van der Waals surface area contributed by atoms with Gasteiger partial charge in [-0.1, -0.05) is 5.16 Å². The maximum absolute atomic E-state index is 12.1. The van der Waals surface area contributed by atoms with E-state index in [0.717, 1.165) is 16.9 Å². The fraction of sp³-hybridized carbons (Fsp3) is 0.389. The second kappa shape index (κ2) is 8.75. The smallest absolute Gasteiger partial charge is 0.238 e. The number of nitrogens with zero attached hydrogens (tertiary/aromatic N) is 2. The van der Waals surface area contributed by atoms with Gasteiger partial charge in [0, 0.05) is 31.5 Å². The van der Waals surface area contributed by atoms with Gasteiger partial charge in [-0.05, 0) is 44.5 Å². The van der Waals surface area contributed by atoms with Gasteiger partial charge in [0.25, 0.3) is 0 Å². The Balaban J connectivity index is 1.82. The molecule has 2 aromatic rings. The highest BCUT2D eigenvalue weighted by molar-refractivity contribution is 8.01. The van der Waals surface area contributed by atoms with Crippen LogP contribution in [0.2, 0.25) is 0 Å². The summed E-state index contributed by atoms with van der Waals surface area (Å²) in [5.74, 6) is 0.809. The molecule has 1 aromatic carbocycles. The highest BCUT2D eigenvalue weighted by Gasteiger charge is 2.17. The van der Waals surface area contributed by atoms with E-state index in [1.54, 1.807) is 19.9 Å². The number of hydrogen-bond donors (Lipinski definition) is 2. The van der Waals surface area contributed by atoms with Crippen molar-refractivity contribution < 1.29 is 14.1 Å². The normalized spacial score (nSPS) is 11.7. The van der Waals surface area contributed by atoms with E-state index in [-0.39, 0.29) is 17.6 Å². The predicted octanol–water partition coefficient (Wildman–Crippen LogP) is 3.06. The molecule has 140 valence electrons. The van der Waals surface area contributed by atoms with Crippen LogP contribution in [-0.4, -0.2) is 42.1 Å². The van der Waals surface area contributed by atoms with Crippen molar-refractivity contribution in [3.63, 3.8) is 0 Å². The van der Waals surface area contributed by atoms with E-state index in [9.17, 15) is 9.59 Å². The van der Waals surface area contributed by atoms with Crippen LogP contribution < -0.4 is 15.5 Å². The first-order valence-corrected chi connectivity index (χ1v) is 9.24. The minimum absolute atomic E-state index is 0.149. The topological polar surface area (TPSA) is 87.5 Å². The molecular formula is C18H24N4O3S. The SMILES string of the molecule is Cc1cc(NC(=O)C(C)SCC(=O)Nc2ccc(N(C)C)c(C)c2)no1. The van der Waals surface area contributed by atoms with Crippen LogP contribution in [-0.2, 0) is 9.59 Å². The number of hydrogen-bond acceptors (Lipinski definition) is 6. The summed E-state index contributed by atoms with van der Waals surface area (Å²) in [6, 6.07) is 7.41. The molecule has 2 N–H and O–H groups in total. The standard InChI is InChI=1S/C18H24N4O3S/c1-11-8-14(6-7-15(11)22(4)5)19-17(23)10-26-13(3)18(24)20-16-9-12(2)25-21-16/h6-9,13H,10H2,1-5H3,(H,19,23)(H,20,21,24). The summed E-state index contributed by atoms with van der Waals surface area (Å²) < 4.78 is 4.90. The molecule has 0 aliphatic rings. The maximum atomic E-state index is 12.1. The van der Waals surface area contributed by atoms with E-state index < -0.39 is 5.25 Å². The van der Waals surface area contributed by atoms with Crippen molar-refractivity contribution >= 4 is 40.8 Å². The zero-order valence-electron chi connectivity index (χ0n) is 15.6. The first-order valence-electron chi connectivity index (χ1n) is 8.20. The van der Waals surface area contributed by atoms with Gasteiger partial charge in [0.05, 0.1) is 11.0 Å². The third-order valence-corrected chi connectivity index (χ3v) is 4.82. The van der Waals surface area contributed by atoms with Gasteiger partial charge in [0.1, 0.15) is 5.76 Å². The minimum atomic E-state index is -0.393. The monoisotopic (exact) mass is 376 g/mol. The van der Waals surface area contributed by atoms with Crippen molar-refractivity contribution in [1.29, 1.82) is 0 Å². The summed E-state index contributed by atoms with van der Waals surface area (Å²) in [6.45, 7) is 5.49. The second-order valence-corrected chi connectivity index (χ2v) is 7.54. The molecule has 0 saturated heterocycles. The molecule has 0 saturated carbocycles. The van der Waals surface area contributed by atoms with Crippen molar-refractivity contribution in [2.45, 2.75) is 26.0 Å². The Morgan fingerprint density at radius 1 is 1.23 bits per heavy atom. The van der Waals surface area contributed by atoms with Gasteiger partial charge in [-0.2, -0.15) is 0 Å². The van der Waals surface area contributed by atoms with E-state index in [1.807, 2.05) is 44.1 Å². The number of rotatable bonds is 7. The van der Waals surface area contributed by atoms with E-state index in [1.165, 1.54) is 11.8 Å². The highest BCUT2D eigenvalue weighted by Crippen LogP contribution is 2.22. The van der Waals surface area contributed by atoms with Crippen molar-refractivity contribution in [3.05, 3.63) is 35.6 Å². The third-order valence-electron chi connectivity index (χ3n) is 3.68. The Hall–Kier alpha value is -2.48. The van der Waals surface area contributed by atoms with Crippen LogP contribution in [0, 0.1) is 13.8 Å². The molecule has 0 aliphatic carbocycles.